The molecule has 0 heterocycles. The average Bonchev–Trinajstić information content (AvgIpc) is 3.22. The van der Waals surface area contributed by atoms with E-state index >= 15 is 0 Å². The van der Waals surface area contributed by atoms with E-state index in [-0.39, 0.29) is 48.9 Å². The molecule has 0 amide bonds. The van der Waals surface area contributed by atoms with Crippen LogP contribution in [0.1, 0.15) is 62.1 Å². The van der Waals surface area contributed by atoms with Crippen molar-refractivity contribution in [3.05, 3.63) is 65.0 Å². The van der Waals surface area contributed by atoms with Crippen LogP contribution in [0.2, 0.25) is 0 Å². The lowest BCUT2D eigenvalue weighted by Gasteiger charge is -2.43. The van der Waals surface area contributed by atoms with Gasteiger partial charge in [-0.2, -0.15) is 13.2 Å². The molecule has 1 N–H and O–H groups in total. The van der Waals surface area contributed by atoms with Gasteiger partial charge in [0.1, 0.15) is 16.3 Å². The maximum atomic E-state index is 14.8. The molecule has 2 aliphatic carbocycles. The van der Waals surface area contributed by atoms with Crippen molar-refractivity contribution in [3.63, 3.8) is 0 Å². The van der Waals surface area contributed by atoms with Crippen molar-refractivity contribution in [1.29, 1.82) is 0 Å². The third kappa shape index (κ3) is 4.60. The number of aryl methyl sites for hydroxylation is 1. The lowest BCUT2D eigenvalue weighted by molar-refractivity contribution is -0.228. The molecule has 1 fully saturated rings. The number of hydrogen-bond acceptors (Lipinski definition) is 4. The summed E-state index contributed by atoms with van der Waals surface area (Å²) in [6.45, 7) is 0.304. The molecule has 10 heteroatoms. The van der Waals surface area contributed by atoms with Crippen LogP contribution < -0.4 is 0 Å². The van der Waals surface area contributed by atoms with Crippen molar-refractivity contribution in [2.75, 3.05) is 6.61 Å². The maximum absolute atomic E-state index is 14.8. The predicted octanol–water partition coefficient (Wildman–Crippen LogP) is 5.95. The van der Waals surface area contributed by atoms with Gasteiger partial charge in [0, 0.05) is 19.4 Å². The molecule has 1 unspecified atom stereocenters. The number of rotatable bonds is 8. The molecule has 2 aromatic rings. The molecule has 1 saturated carbocycles. The summed E-state index contributed by atoms with van der Waals surface area (Å²) in [6.07, 6.45) is -3.47. The Morgan fingerprint density at radius 3 is 2.38 bits per heavy atom. The fourth-order valence-corrected chi connectivity index (χ4v) is 8.67. The molecule has 2 aliphatic rings. The molecule has 0 aliphatic heterocycles. The molecular weight excluding hydrogens is 515 g/mol. The number of benzene rings is 2. The molecule has 202 valence electrons. The van der Waals surface area contributed by atoms with Crippen LogP contribution >= 0.6 is 0 Å². The zero-order chi connectivity index (χ0) is 27.2. The first kappa shape index (κ1) is 27.7. The van der Waals surface area contributed by atoms with E-state index in [4.69, 9.17) is 5.11 Å². The summed E-state index contributed by atoms with van der Waals surface area (Å²) in [7, 11) is -4.19. The minimum atomic E-state index is -5.15. The van der Waals surface area contributed by atoms with Gasteiger partial charge in [-0.15, -0.1) is 0 Å². The van der Waals surface area contributed by atoms with Gasteiger partial charge in [-0.1, -0.05) is 18.2 Å². The van der Waals surface area contributed by atoms with Crippen LogP contribution in [-0.2, 0) is 31.5 Å². The summed E-state index contributed by atoms with van der Waals surface area (Å²) in [5, 5.41) is 9.04. The van der Waals surface area contributed by atoms with Crippen LogP contribution in [0, 0.1) is 17.7 Å². The van der Waals surface area contributed by atoms with E-state index in [9.17, 15) is 35.2 Å². The summed E-state index contributed by atoms with van der Waals surface area (Å²) >= 11 is 0. The number of fused-ring (bicyclic) bond motifs is 3. The predicted molar refractivity (Wildman–Crippen MR) is 127 cm³/mol. The molecule has 4 rings (SSSR count). The Balaban J connectivity index is 1.84. The fraction of sp³-hybridized carbons (Fsp3) is 0.519. The van der Waals surface area contributed by atoms with Crippen LogP contribution in [-0.4, -0.2) is 32.1 Å². The second-order valence-electron chi connectivity index (χ2n) is 10.2. The lowest BCUT2D eigenvalue weighted by atomic mass is 9.72. The summed E-state index contributed by atoms with van der Waals surface area (Å²) in [5.74, 6) is -1.49. The van der Waals surface area contributed by atoms with E-state index < -0.39 is 43.7 Å². The normalized spacial score (nSPS) is 25.3. The van der Waals surface area contributed by atoms with Crippen LogP contribution in [0.25, 0.3) is 0 Å². The molecule has 0 saturated heterocycles. The number of carbonyl (C=O) groups is 1. The Labute approximate surface area is 212 Å². The van der Waals surface area contributed by atoms with E-state index in [2.05, 4.69) is 0 Å². The number of halogens is 5. The van der Waals surface area contributed by atoms with Gasteiger partial charge in [-0.25, -0.2) is 17.2 Å². The van der Waals surface area contributed by atoms with Gasteiger partial charge in [-0.3, -0.25) is 4.79 Å². The Morgan fingerprint density at radius 2 is 1.76 bits per heavy atom. The van der Waals surface area contributed by atoms with Gasteiger partial charge in [0.05, 0.1) is 4.90 Å². The molecule has 0 aromatic heterocycles. The third-order valence-electron chi connectivity index (χ3n) is 8.12. The van der Waals surface area contributed by atoms with E-state index in [0.717, 1.165) is 24.3 Å². The molecule has 0 bridgehead atoms. The number of alkyl halides is 4. The molecule has 37 heavy (non-hydrogen) atoms. The van der Waals surface area contributed by atoms with Gasteiger partial charge >= 0.3 is 6.18 Å². The summed E-state index contributed by atoms with van der Waals surface area (Å²) < 4.78 is 95.5. The highest BCUT2D eigenvalue weighted by Gasteiger charge is 2.61. The van der Waals surface area contributed by atoms with Gasteiger partial charge in [0.15, 0.2) is 9.84 Å². The van der Waals surface area contributed by atoms with Crippen molar-refractivity contribution in [2.45, 2.75) is 73.4 Å². The highest BCUT2D eigenvalue weighted by Crippen LogP contribution is 2.60. The SMILES string of the molecule is CC(F)(c1ccc2c(c1)CC[C@H]1[C@H](CC(=O)CCCO)CC[C@@]21S(=O)(=O)c1ccc(F)cc1)C(F)(F)F. The molecule has 0 radical (unpaired) electrons. The van der Waals surface area contributed by atoms with E-state index in [1.165, 1.54) is 18.2 Å². The van der Waals surface area contributed by atoms with E-state index in [1.54, 1.807) is 0 Å². The molecule has 4 nitrogen and oxygen atoms in total. The smallest absolute Gasteiger partial charge is 0.396 e. The number of sulfone groups is 1. The van der Waals surface area contributed by atoms with Crippen molar-refractivity contribution in [3.8, 4) is 0 Å². The molecular formula is C27H29F5O4S. The molecule has 0 spiro atoms. The fourth-order valence-electron chi connectivity index (χ4n) is 6.17. The highest BCUT2D eigenvalue weighted by molar-refractivity contribution is 7.92. The monoisotopic (exact) mass is 544 g/mol. The van der Waals surface area contributed by atoms with Crippen LogP contribution in [0.15, 0.2) is 47.4 Å². The number of aliphatic hydroxyl groups excluding tert-OH is 1. The van der Waals surface area contributed by atoms with Crippen molar-refractivity contribution in [1.82, 2.24) is 0 Å². The Kier molecular flexibility index (Phi) is 7.31. The number of Topliss-reactive ketones (excluding diaryl/α,β-unsaturated/α-hetero) is 1. The largest absolute Gasteiger partial charge is 0.426 e. The summed E-state index contributed by atoms with van der Waals surface area (Å²) in [6, 6.07) is 7.80. The topological polar surface area (TPSA) is 71.4 Å². The van der Waals surface area contributed by atoms with Gasteiger partial charge < -0.3 is 5.11 Å². The second-order valence-corrected chi connectivity index (χ2v) is 12.4. The minimum absolute atomic E-state index is 0.0893. The first-order valence-corrected chi connectivity index (χ1v) is 13.8. The van der Waals surface area contributed by atoms with Crippen molar-refractivity contribution in [2.24, 2.45) is 11.8 Å². The van der Waals surface area contributed by atoms with Crippen molar-refractivity contribution >= 4 is 15.6 Å². The van der Waals surface area contributed by atoms with Crippen molar-refractivity contribution < 1.29 is 40.3 Å². The van der Waals surface area contributed by atoms with Crippen LogP contribution in [0.5, 0.6) is 0 Å². The lowest BCUT2D eigenvalue weighted by Crippen LogP contribution is -2.45. The maximum Gasteiger partial charge on any atom is 0.426 e. The van der Waals surface area contributed by atoms with E-state index in [0.29, 0.717) is 37.3 Å². The quantitative estimate of drug-likeness (QED) is 0.330. The zero-order valence-corrected chi connectivity index (χ0v) is 21.1. The summed E-state index contributed by atoms with van der Waals surface area (Å²) in [5.41, 5.74) is -3.56. The Hall–Kier alpha value is -2.33. The second kappa shape index (κ2) is 9.76. The van der Waals surface area contributed by atoms with Crippen LogP contribution in [0.4, 0.5) is 22.0 Å². The third-order valence-corrected chi connectivity index (χ3v) is 10.7. The number of carbonyl (C=O) groups excluding carboxylic acids is 1. The molecule has 2 aromatic carbocycles. The summed E-state index contributed by atoms with van der Waals surface area (Å²) in [4.78, 5) is 12.4. The average molecular weight is 545 g/mol. The first-order valence-electron chi connectivity index (χ1n) is 12.3. The first-order chi connectivity index (χ1) is 17.3. The van der Waals surface area contributed by atoms with E-state index in [1.807, 2.05) is 0 Å². The van der Waals surface area contributed by atoms with Gasteiger partial charge in [-0.05, 0) is 91.8 Å². The standard InChI is InChI=1S/C27H29F5O4S/c1-25(29,27(30,31)32)19-5-11-24-17(15-19)4-10-23-18(16-21(34)3-2-14-33)12-13-26(23,24)37(35,36)22-8-6-20(28)7-9-22/h5-9,11,15,18,23,33H,2-4,10,12-14,16H2,1H3/t18-,23-,25?,26-/m0/s1. The number of ketones is 1. The number of aliphatic hydroxyl groups is 1. The Bertz CT molecular complexity index is 1270. The van der Waals surface area contributed by atoms with Gasteiger partial charge in [0.2, 0.25) is 5.67 Å². The van der Waals surface area contributed by atoms with Gasteiger partial charge in [0.25, 0.3) is 0 Å². The number of hydrogen-bond donors (Lipinski definition) is 1. The molecule has 4 atom stereocenters. The minimum Gasteiger partial charge on any atom is -0.396 e. The Morgan fingerprint density at radius 1 is 1.08 bits per heavy atom. The highest BCUT2D eigenvalue weighted by atomic mass is 32.2. The van der Waals surface area contributed by atoms with Crippen LogP contribution in [0.3, 0.4) is 0 Å². The zero-order valence-electron chi connectivity index (χ0n) is 20.3.